The van der Waals surface area contributed by atoms with Gasteiger partial charge in [-0.2, -0.15) is 15.2 Å². The third-order valence-electron chi connectivity index (χ3n) is 4.65. The average molecular weight is 472 g/mol. The van der Waals surface area contributed by atoms with Crippen molar-refractivity contribution in [2.75, 3.05) is 10.5 Å². The molecule has 0 saturated carbocycles. The topological polar surface area (TPSA) is 127 Å². The largest absolute Gasteiger partial charge is 0.423 e. The van der Waals surface area contributed by atoms with E-state index in [9.17, 15) is 22.9 Å². The summed E-state index contributed by atoms with van der Waals surface area (Å²) < 4.78 is 47.9. The van der Waals surface area contributed by atoms with E-state index in [0.29, 0.717) is 23.1 Å². The van der Waals surface area contributed by atoms with E-state index < -0.39 is 15.8 Å². The van der Waals surface area contributed by atoms with Gasteiger partial charge in [0, 0.05) is 30.4 Å². The monoisotopic (exact) mass is 471 g/mol. The lowest BCUT2D eigenvalue weighted by Crippen LogP contribution is -2.19. The molecule has 0 atom stereocenters. The van der Waals surface area contributed by atoms with Crippen molar-refractivity contribution in [1.82, 2.24) is 14.5 Å². The van der Waals surface area contributed by atoms with Gasteiger partial charge in [0.05, 0.1) is 17.0 Å². The van der Waals surface area contributed by atoms with E-state index in [4.69, 9.17) is 4.74 Å². The van der Waals surface area contributed by atoms with E-state index in [0.717, 1.165) is 6.07 Å². The standard InChI is InChI=1S/C22H22FN5O4S/c1-5-6-33(30,31)27-19-10-18(16-7-14(3)21(29)28(4)12-16)25-22(26-19)32-20-13(2)8-17(23)9-15(20)11-24/h7-10,12H,5-6H2,1-4H3,(H,25,26,27). The Kier molecular flexibility index (Phi) is 6.78. The van der Waals surface area contributed by atoms with Gasteiger partial charge in [0.25, 0.3) is 5.56 Å². The summed E-state index contributed by atoms with van der Waals surface area (Å²) in [7, 11) is -2.09. The zero-order valence-corrected chi connectivity index (χ0v) is 19.3. The van der Waals surface area contributed by atoms with E-state index in [1.807, 2.05) is 6.07 Å². The van der Waals surface area contributed by atoms with Crippen molar-refractivity contribution in [3.05, 3.63) is 63.3 Å². The van der Waals surface area contributed by atoms with Gasteiger partial charge in [-0.1, -0.05) is 6.92 Å². The van der Waals surface area contributed by atoms with Crippen LogP contribution in [0.25, 0.3) is 11.3 Å². The molecule has 2 heterocycles. The summed E-state index contributed by atoms with van der Waals surface area (Å²) >= 11 is 0. The lowest BCUT2D eigenvalue weighted by molar-refractivity contribution is 0.437. The molecule has 0 aliphatic rings. The van der Waals surface area contributed by atoms with Gasteiger partial charge < -0.3 is 9.30 Å². The highest BCUT2D eigenvalue weighted by Crippen LogP contribution is 2.30. The fourth-order valence-corrected chi connectivity index (χ4v) is 4.27. The SMILES string of the molecule is CCCS(=O)(=O)Nc1cc(-c2cc(C)c(=O)n(C)c2)nc(Oc2c(C)cc(F)cc2C#N)n1. The summed E-state index contributed by atoms with van der Waals surface area (Å²) in [5.74, 6) is -0.708. The van der Waals surface area contributed by atoms with E-state index in [1.165, 1.54) is 16.7 Å². The zero-order valence-electron chi connectivity index (χ0n) is 18.5. The highest BCUT2D eigenvalue weighted by atomic mass is 32.2. The maximum atomic E-state index is 13.7. The molecule has 0 unspecified atom stereocenters. The second-order valence-corrected chi connectivity index (χ2v) is 9.32. The van der Waals surface area contributed by atoms with Crippen LogP contribution in [0.4, 0.5) is 10.2 Å². The summed E-state index contributed by atoms with van der Waals surface area (Å²) in [6.45, 7) is 4.94. The van der Waals surface area contributed by atoms with Gasteiger partial charge in [0.1, 0.15) is 17.7 Å². The molecule has 172 valence electrons. The van der Waals surface area contributed by atoms with Gasteiger partial charge in [-0.3, -0.25) is 9.52 Å². The highest BCUT2D eigenvalue weighted by Gasteiger charge is 2.17. The maximum Gasteiger partial charge on any atom is 0.324 e. The molecule has 0 spiro atoms. The number of nitrogens with one attached hydrogen (secondary N) is 1. The molecular weight excluding hydrogens is 449 g/mol. The molecule has 0 fully saturated rings. The minimum atomic E-state index is -3.68. The molecule has 0 amide bonds. The fraction of sp³-hybridized carbons (Fsp3) is 0.273. The first-order valence-corrected chi connectivity index (χ1v) is 11.6. The molecule has 0 aliphatic carbocycles. The highest BCUT2D eigenvalue weighted by molar-refractivity contribution is 7.92. The number of halogens is 1. The summed E-state index contributed by atoms with van der Waals surface area (Å²) in [5, 5.41) is 9.37. The number of sulfonamides is 1. The quantitative estimate of drug-likeness (QED) is 0.559. The normalized spacial score (nSPS) is 11.2. The van der Waals surface area contributed by atoms with Crippen molar-refractivity contribution >= 4 is 15.8 Å². The van der Waals surface area contributed by atoms with Crippen LogP contribution in [-0.2, 0) is 17.1 Å². The number of aromatic nitrogens is 3. The molecular formula is C22H22FN5O4S. The van der Waals surface area contributed by atoms with Crippen LogP contribution in [-0.4, -0.2) is 28.7 Å². The first kappa shape index (κ1) is 23.9. The Labute approximate surface area is 190 Å². The van der Waals surface area contributed by atoms with Crippen LogP contribution >= 0.6 is 0 Å². The van der Waals surface area contributed by atoms with Crippen molar-refractivity contribution in [2.24, 2.45) is 7.05 Å². The first-order valence-electron chi connectivity index (χ1n) is 9.98. The molecule has 11 heteroatoms. The average Bonchev–Trinajstić information content (AvgIpc) is 2.72. The number of ether oxygens (including phenoxy) is 1. The number of hydrogen-bond acceptors (Lipinski definition) is 7. The molecule has 3 rings (SSSR count). The number of rotatable bonds is 7. The predicted octanol–water partition coefficient (Wildman–Crippen LogP) is 3.41. The van der Waals surface area contributed by atoms with Crippen molar-refractivity contribution < 1.29 is 17.5 Å². The molecule has 0 aliphatic heterocycles. The Balaban J connectivity index is 2.16. The number of aryl methyl sites for hydroxylation is 3. The zero-order chi connectivity index (χ0) is 24.3. The van der Waals surface area contributed by atoms with Gasteiger partial charge in [-0.05, 0) is 44.0 Å². The maximum absolute atomic E-state index is 13.7. The van der Waals surface area contributed by atoms with Crippen LogP contribution in [0.5, 0.6) is 11.8 Å². The smallest absolute Gasteiger partial charge is 0.324 e. The van der Waals surface area contributed by atoms with E-state index >= 15 is 0 Å². The lowest BCUT2D eigenvalue weighted by Gasteiger charge is -2.13. The Bertz CT molecular complexity index is 1400. The van der Waals surface area contributed by atoms with Gasteiger partial charge in [0.15, 0.2) is 5.75 Å². The second-order valence-electron chi connectivity index (χ2n) is 7.48. The van der Waals surface area contributed by atoms with Gasteiger partial charge in [-0.25, -0.2) is 12.8 Å². The Hall–Kier alpha value is -3.78. The third kappa shape index (κ3) is 5.53. The molecule has 9 nitrogen and oxygen atoms in total. The van der Waals surface area contributed by atoms with E-state index in [2.05, 4.69) is 14.7 Å². The molecule has 1 aromatic carbocycles. The Morgan fingerprint density at radius 3 is 2.55 bits per heavy atom. The van der Waals surface area contributed by atoms with E-state index in [1.54, 1.807) is 40.1 Å². The molecule has 3 aromatic rings. The summed E-state index contributed by atoms with van der Waals surface area (Å²) in [4.78, 5) is 20.5. The number of hydrogen-bond donors (Lipinski definition) is 1. The Morgan fingerprint density at radius 1 is 1.18 bits per heavy atom. The van der Waals surface area contributed by atoms with Crippen LogP contribution in [0.1, 0.15) is 30.0 Å². The minimum Gasteiger partial charge on any atom is -0.423 e. The van der Waals surface area contributed by atoms with Crippen LogP contribution < -0.4 is 15.0 Å². The Morgan fingerprint density at radius 2 is 1.91 bits per heavy atom. The van der Waals surface area contributed by atoms with Crippen molar-refractivity contribution in [3.63, 3.8) is 0 Å². The number of nitriles is 1. The molecule has 33 heavy (non-hydrogen) atoms. The van der Waals surface area contributed by atoms with Crippen molar-refractivity contribution in [2.45, 2.75) is 27.2 Å². The van der Waals surface area contributed by atoms with E-state index in [-0.39, 0.29) is 40.1 Å². The van der Waals surface area contributed by atoms with Crippen LogP contribution in [0.15, 0.2) is 35.3 Å². The molecule has 2 aromatic heterocycles. The number of pyridine rings is 1. The van der Waals surface area contributed by atoms with Crippen LogP contribution in [0.2, 0.25) is 0 Å². The van der Waals surface area contributed by atoms with Gasteiger partial charge in [-0.15, -0.1) is 0 Å². The summed E-state index contributed by atoms with van der Waals surface area (Å²) in [6.07, 6.45) is 1.95. The predicted molar refractivity (Wildman–Crippen MR) is 121 cm³/mol. The van der Waals surface area contributed by atoms with Gasteiger partial charge >= 0.3 is 6.01 Å². The lowest BCUT2D eigenvalue weighted by atomic mass is 10.1. The molecule has 0 radical (unpaired) electrons. The van der Waals surface area contributed by atoms with Crippen LogP contribution in [0.3, 0.4) is 0 Å². The van der Waals surface area contributed by atoms with Crippen molar-refractivity contribution in [1.29, 1.82) is 5.26 Å². The molecule has 0 bridgehead atoms. The second kappa shape index (κ2) is 9.38. The molecule has 0 saturated heterocycles. The van der Waals surface area contributed by atoms with Gasteiger partial charge in [0.2, 0.25) is 10.0 Å². The van der Waals surface area contributed by atoms with Crippen molar-refractivity contribution in [3.8, 4) is 29.1 Å². The molecule has 1 N–H and O–H groups in total. The summed E-state index contributed by atoms with van der Waals surface area (Å²) in [6, 6.07) is 6.86. The fourth-order valence-electron chi connectivity index (χ4n) is 3.21. The number of benzene rings is 1. The third-order valence-corrected chi connectivity index (χ3v) is 6.12. The minimum absolute atomic E-state index is 0.0479. The number of nitrogens with zero attached hydrogens (tertiary/aromatic N) is 4. The summed E-state index contributed by atoms with van der Waals surface area (Å²) in [5.41, 5.74) is 1.36. The first-order chi connectivity index (χ1) is 15.5. The number of anilines is 1. The van der Waals surface area contributed by atoms with Crippen LogP contribution in [0, 0.1) is 31.0 Å².